The van der Waals surface area contributed by atoms with Crippen molar-refractivity contribution in [3.05, 3.63) is 53.2 Å². The standard InChI is InChI=1S/C21H22N2O4/c1-25-18-10-13(11-19(26-2)20(18)27-3)21(24)23-9-8-17-15(12-23)14-6-4-5-7-16(14)22-17/h4-7,10-11,22H,8-9,12H2,1-3H3. The van der Waals surface area contributed by atoms with Crippen molar-refractivity contribution in [3.8, 4) is 17.2 Å². The third-order valence-electron chi connectivity index (χ3n) is 5.08. The van der Waals surface area contributed by atoms with Gasteiger partial charge in [0.2, 0.25) is 5.75 Å². The van der Waals surface area contributed by atoms with Crippen molar-refractivity contribution < 1.29 is 19.0 Å². The largest absolute Gasteiger partial charge is 0.493 e. The van der Waals surface area contributed by atoms with Crippen molar-refractivity contribution in [2.45, 2.75) is 13.0 Å². The number of carbonyl (C=O) groups excluding carboxylic acids is 1. The number of rotatable bonds is 4. The molecule has 0 atom stereocenters. The lowest BCUT2D eigenvalue weighted by Gasteiger charge is -2.28. The average molecular weight is 366 g/mol. The van der Waals surface area contributed by atoms with Crippen LogP contribution in [0.25, 0.3) is 10.9 Å². The van der Waals surface area contributed by atoms with E-state index in [0.717, 1.165) is 11.9 Å². The minimum atomic E-state index is -0.0508. The lowest BCUT2D eigenvalue weighted by molar-refractivity contribution is 0.0734. The molecule has 1 aliphatic rings. The van der Waals surface area contributed by atoms with Gasteiger partial charge in [0.15, 0.2) is 11.5 Å². The summed E-state index contributed by atoms with van der Waals surface area (Å²) in [6.45, 7) is 1.24. The second-order valence-corrected chi connectivity index (χ2v) is 6.52. The maximum absolute atomic E-state index is 13.2. The second kappa shape index (κ2) is 6.87. The number of fused-ring (bicyclic) bond motifs is 3. The van der Waals surface area contributed by atoms with Crippen molar-refractivity contribution in [2.24, 2.45) is 0 Å². The molecule has 0 spiro atoms. The van der Waals surface area contributed by atoms with E-state index in [-0.39, 0.29) is 5.91 Å². The van der Waals surface area contributed by atoms with E-state index in [1.165, 1.54) is 16.6 Å². The Kier molecular flexibility index (Phi) is 4.39. The van der Waals surface area contributed by atoms with Gasteiger partial charge in [0.1, 0.15) is 0 Å². The maximum Gasteiger partial charge on any atom is 0.254 e. The summed E-state index contributed by atoms with van der Waals surface area (Å²) in [7, 11) is 4.64. The molecule has 0 fully saturated rings. The fourth-order valence-corrected chi connectivity index (χ4v) is 3.73. The van der Waals surface area contributed by atoms with E-state index in [0.29, 0.717) is 35.9 Å². The SMILES string of the molecule is COc1cc(C(=O)N2CCc3[nH]c4ccccc4c3C2)cc(OC)c1OC. The van der Waals surface area contributed by atoms with E-state index in [2.05, 4.69) is 17.1 Å². The Hall–Kier alpha value is -3.15. The number of H-pyrrole nitrogens is 1. The van der Waals surface area contributed by atoms with Crippen LogP contribution in [0.3, 0.4) is 0 Å². The Morgan fingerprint density at radius 3 is 2.41 bits per heavy atom. The van der Waals surface area contributed by atoms with E-state index in [9.17, 15) is 4.79 Å². The van der Waals surface area contributed by atoms with Crippen LogP contribution in [0.4, 0.5) is 0 Å². The molecule has 0 unspecified atom stereocenters. The summed E-state index contributed by atoms with van der Waals surface area (Å²) in [6.07, 6.45) is 0.806. The monoisotopic (exact) mass is 366 g/mol. The maximum atomic E-state index is 13.2. The smallest absolute Gasteiger partial charge is 0.254 e. The number of methoxy groups -OCH3 is 3. The molecule has 0 bridgehead atoms. The second-order valence-electron chi connectivity index (χ2n) is 6.52. The van der Waals surface area contributed by atoms with Crippen molar-refractivity contribution in [3.63, 3.8) is 0 Å². The molecule has 1 amide bonds. The van der Waals surface area contributed by atoms with Crippen LogP contribution in [0, 0.1) is 0 Å². The highest BCUT2D eigenvalue weighted by Gasteiger charge is 2.26. The van der Waals surface area contributed by atoms with Crippen LogP contribution in [0.1, 0.15) is 21.6 Å². The molecule has 4 rings (SSSR count). The van der Waals surface area contributed by atoms with Crippen molar-refractivity contribution >= 4 is 16.8 Å². The number of amides is 1. The molecule has 1 aromatic heterocycles. The molecule has 2 aromatic carbocycles. The normalized spacial score (nSPS) is 13.4. The highest BCUT2D eigenvalue weighted by atomic mass is 16.5. The van der Waals surface area contributed by atoms with Crippen LogP contribution >= 0.6 is 0 Å². The van der Waals surface area contributed by atoms with Gasteiger partial charge in [-0.25, -0.2) is 0 Å². The first kappa shape index (κ1) is 17.3. The zero-order valence-electron chi connectivity index (χ0n) is 15.7. The summed E-state index contributed by atoms with van der Waals surface area (Å²) in [6, 6.07) is 11.6. The molecule has 0 radical (unpaired) electrons. The first-order valence-electron chi connectivity index (χ1n) is 8.84. The van der Waals surface area contributed by atoms with E-state index in [1.807, 2.05) is 17.0 Å². The number of nitrogens with one attached hydrogen (secondary N) is 1. The quantitative estimate of drug-likeness (QED) is 0.769. The molecule has 6 nitrogen and oxygen atoms in total. The van der Waals surface area contributed by atoms with Crippen molar-refractivity contribution in [2.75, 3.05) is 27.9 Å². The fourth-order valence-electron chi connectivity index (χ4n) is 3.73. The fraction of sp³-hybridized carbons (Fsp3) is 0.286. The molecule has 3 aromatic rings. The van der Waals surface area contributed by atoms with E-state index < -0.39 is 0 Å². The molecule has 6 heteroatoms. The highest BCUT2D eigenvalue weighted by molar-refractivity contribution is 5.96. The Balaban J connectivity index is 1.68. The number of aromatic amines is 1. The number of para-hydroxylation sites is 1. The van der Waals surface area contributed by atoms with Gasteiger partial charge in [0.25, 0.3) is 5.91 Å². The van der Waals surface area contributed by atoms with Crippen molar-refractivity contribution in [1.29, 1.82) is 0 Å². The van der Waals surface area contributed by atoms with Crippen LogP contribution in [0.5, 0.6) is 17.2 Å². The first-order chi connectivity index (χ1) is 13.2. The average Bonchev–Trinajstić information content (AvgIpc) is 3.09. The van der Waals surface area contributed by atoms with Crippen LogP contribution in [0.15, 0.2) is 36.4 Å². The molecule has 0 saturated carbocycles. The number of carbonyl (C=O) groups is 1. The van der Waals surface area contributed by atoms with Gasteiger partial charge < -0.3 is 24.1 Å². The zero-order chi connectivity index (χ0) is 19.0. The summed E-state index contributed by atoms with van der Waals surface area (Å²) >= 11 is 0. The molecule has 1 aliphatic heterocycles. The van der Waals surface area contributed by atoms with Gasteiger partial charge in [-0.2, -0.15) is 0 Å². The topological polar surface area (TPSA) is 63.8 Å². The highest BCUT2D eigenvalue weighted by Crippen LogP contribution is 2.39. The zero-order valence-corrected chi connectivity index (χ0v) is 15.7. The molecule has 2 heterocycles. The van der Waals surface area contributed by atoms with Gasteiger partial charge in [0, 0.05) is 47.2 Å². The minimum absolute atomic E-state index is 0.0508. The molecule has 0 aliphatic carbocycles. The van der Waals surface area contributed by atoms with E-state index in [4.69, 9.17) is 14.2 Å². The molecule has 27 heavy (non-hydrogen) atoms. The number of aromatic nitrogens is 1. The Morgan fingerprint density at radius 2 is 1.74 bits per heavy atom. The van der Waals surface area contributed by atoms with Gasteiger partial charge in [-0.05, 0) is 18.2 Å². The van der Waals surface area contributed by atoms with Gasteiger partial charge in [-0.15, -0.1) is 0 Å². The number of hydrogen-bond acceptors (Lipinski definition) is 4. The molecular formula is C21H22N2O4. The summed E-state index contributed by atoms with van der Waals surface area (Å²) < 4.78 is 16.1. The summed E-state index contributed by atoms with van der Waals surface area (Å²) in [5.41, 5.74) is 4.04. The van der Waals surface area contributed by atoms with Crippen LogP contribution in [-0.4, -0.2) is 43.7 Å². The molecule has 140 valence electrons. The van der Waals surface area contributed by atoms with Gasteiger partial charge in [-0.3, -0.25) is 4.79 Å². The van der Waals surface area contributed by atoms with Gasteiger partial charge in [-0.1, -0.05) is 18.2 Å². The predicted molar refractivity (Wildman–Crippen MR) is 103 cm³/mol. The molecule has 1 N–H and O–H groups in total. The molecular weight excluding hydrogens is 344 g/mol. The number of ether oxygens (including phenoxy) is 3. The number of nitrogens with zero attached hydrogens (tertiary/aromatic N) is 1. The third kappa shape index (κ3) is 2.87. The van der Waals surface area contributed by atoms with E-state index >= 15 is 0 Å². The first-order valence-corrected chi connectivity index (χ1v) is 8.84. The van der Waals surface area contributed by atoms with Crippen LogP contribution < -0.4 is 14.2 Å². The van der Waals surface area contributed by atoms with Crippen molar-refractivity contribution in [1.82, 2.24) is 9.88 Å². The van der Waals surface area contributed by atoms with E-state index in [1.54, 1.807) is 33.5 Å². The number of benzene rings is 2. The summed E-state index contributed by atoms with van der Waals surface area (Å²) in [5, 5.41) is 1.18. The van der Waals surface area contributed by atoms with Crippen LogP contribution in [0.2, 0.25) is 0 Å². The number of hydrogen-bond donors (Lipinski definition) is 1. The Labute approximate surface area is 157 Å². The summed E-state index contributed by atoms with van der Waals surface area (Å²) in [5.74, 6) is 1.38. The van der Waals surface area contributed by atoms with Gasteiger partial charge in [0.05, 0.1) is 21.3 Å². The van der Waals surface area contributed by atoms with Gasteiger partial charge >= 0.3 is 0 Å². The minimum Gasteiger partial charge on any atom is -0.493 e. The lowest BCUT2D eigenvalue weighted by Crippen LogP contribution is -2.35. The lowest BCUT2D eigenvalue weighted by atomic mass is 10.0. The Bertz CT molecular complexity index is 984. The molecule has 0 saturated heterocycles. The summed E-state index contributed by atoms with van der Waals surface area (Å²) in [4.78, 5) is 18.5. The van der Waals surface area contributed by atoms with Crippen LogP contribution in [-0.2, 0) is 13.0 Å². The third-order valence-corrected chi connectivity index (χ3v) is 5.08. The predicted octanol–water partition coefficient (Wildman–Crippen LogP) is 3.39. The Morgan fingerprint density at radius 1 is 1.04 bits per heavy atom.